The molecule has 4 aliphatic rings. The number of nitrogens with one attached hydrogen (secondary N) is 1. The van der Waals surface area contributed by atoms with Crippen molar-refractivity contribution in [2.24, 2.45) is 29.1 Å². The molecule has 1 N–H and O–H groups in total. The predicted molar refractivity (Wildman–Crippen MR) is 127 cm³/mol. The molecule has 31 heavy (non-hydrogen) atoms. The Hall–Kier alpha value is -1.58. The summed E-state index contributed by atoms with van der Waals surface area (Å²) in [5, 5.41) is 3.26. The second kappa shape index (κ2) is 10.4. The highest BCUT2D eigenvalue weighted by Crippen LogP contribution is 2.61. The molecule has 172 valence electrons. The van der Waals surface area contributed by atoms with E-state index in [9.17, 15) is 4.79 Å². The molecule has 4 nitrogen and oxygen atoms in total. The highest BCUT2D eigenvalue weighted by Gasteiger charge is 2.50. The number of pyridine rings is 1. The number of unbranched alkanes of at least 4 members (excludes halogenated alkanes) is 2. The van der Waals surface area contributed by atoms with Crippen LogP contribution in [0.15, 0.2) is 24.5 Å². The Morgan fingerprint density at radius 1 is 1.10 bits per heavy atom. The van der Waals surface area contributed by atoms with Crippen LogP contribution < -0.4 is 5.32 Å². The van der Waals surface area contributed by atoms with Gasteiger partial charge in [0.2, 0.25) is 0 Å². The van der Waals surface area contributed by atoms with Crippen molar-refractivity contribution in [1.82, 2.24) is 15.2 Å². The highest BCUT2D eigenvalue weighted by molar-refractivity contribution is 5.74. The summed E-state index contributed by atoms with van der Waals surface area (Å²) in [6.07, 6.45) is 18.2. The van der Waals surface area contributed by atoms with Crippen LogP contribution in [-0.2, 0) is 6.42 Å². The van der Waals surface area contributed by atoms with Gasteiger partial charge in [-0.15, -0.1) is 0 Å². The number of hydrogen-bond acceptors (Lipinski definition) is 2. The maximum Gasteiger partial charge on any atom is 0.317 e. The van der Waals surface area contributed by atoms with E-state index in [0.717, 1.165) is 50.2 Å². The average Bonchev–Trinajstić information content (AvgIpc) is 2.74. The molecule has 2 amide bonds. The molecule has 1 heterocycles. The zero-order valence-electron chi connectivity index (χ0n) is 19.8. The van der Waals surface area contributed by atoms with Gasteiger partial charge in [-0.3, -0.25) is 4.98 Å². The minimum Gasteiger partial charge on any atom is -0.338 e. The van der Waals surface area contributed by atoms with Crippen molar-refractivity contribution in [3.63, 3.8) is 0 Å². The van der Waals surface area contributed by atoms with Crippen molar-refractivity contribution < 1.29 is 4.79 Å². The van der Waals surface area contributed by atoms with Crippen LogP contribution in [-0.4, -0.2) is 35.5 Å². The Kier molecular flexibility index (Phi) is 7.55. The normalized spacial score (nSPS) is 29.7. The van der Waals surface area contributed by atoms with Crippen LogP contribution in [0.25, 0.3) is 0 Å². The summed E-state index contributed by atoms with van der Waals surface area (Å²) < 4.78 is 0. The van der Waals surface area contributed by atoms with Crippen LogP contribution in [0.5, 0.6) is 0 Å². The molecule has 1 atom stereocenters. The van der Waals surface area contributed by atoms with Gasteiger partial charge in [-0.25, -0.2) is 4.79 Å². The molecule has 1 aromatic heterocycles. The highest BCUT2D eigenvalue weighted by atomic mass is 16.2. The molecule has 0 saturated heterocycles. The first-order chi connectivity index (χ1) is 15.0. The number of urea groups is 1. The number of amides is 2. The van der Waals surface area contributed by atoms with Gasteiger partial charge in [0.05, 0.1) is 0 Å². The van der Waals surface area contributed by atoms with Crippen molar-refractivity contribution in [2.45, 2.75) is 84.5 Å². The second-order valence-electron chi connectivity index (χ2n) is 11.2. The third kappa shape index (κ3) is 6.02. The zero-order valence-corrected chi connectivity index (χ0v) is 19.8. The molecular formula is C27H43N3O. The first-order valence-electron chi connectivity index (χ1n) is 13.0. The Bertz CT molecular complexity index is 668. The van der Waals surface area contributed by atoms with Crippen LogP contribution in [0.2, 0.25) is 0 Å². The number of hydrogen-bond donors (Lipinski definition) is 1. The third-order valence-electron chi connectivity index (χ3n) is 8.33. The monoisotopic (exact) mass is 425 g/mol. The van der Waals surface area contributed by atoms with E-state index in [1.165, 1.54) is 63.4 Å². The van der Waals surface area contributed by atoms with E-state index in [1.54, 1.807) is 0 Å². The Morgan fingerprint density at radius 2 is 1.74 bits per heavy atom. The lowest BCUT2D eigenvalue weighted by Gasteiger charge is -2.57. The SMILES string of the molecule is CCCCCN(CCC12CC3CC(CC(C3)C1)C2)C(=O)NC[C@@H](C)Cc1ccncc1. The van der Waals surface area contributed by atoms with Gasteiger partial charge in [0.15, 0.2) is 0 Å². The van der Waals surface area contributed by atoms with Gasteiger partial charge >= 0.3 is 6.03 Å². The van der Waals surface area contributed by atoms with Gasteiger partial charge in [-0.05, 0) is 105 Å². The number of rotatable bonds is 11. The van der Waals surface area contributed by atoms with E-state index in [0.29, 0.717) is 11.3 Å². The van der Waals surface area contributed by atoms with E-state index < -0.39 is 0 Å². The van der Waals surface area contributed by atoms with Crippen LogP contribution in [0.4, 0.5) is 4.79 Å². The summed E-state index contributed by atoms with van der Waals surface area (Å²) >= 11 is 0. The Balaban J connectivity index is 1.28. The van der Waals surface area contributed by atoms with Crippen molar-refractivity contribution in [3.05, 3.63) is 30.1 Å². The predicted octanol–water partition coefficient (Wildman–Crippen LogP) is 6.07. The molecule has 0 unspecified atom stereocenters. The molecule has 4 saturated carbocycles. The van der Waals surface area contributed by atoms with Crippen LogP contribution in [0.3, 0.4) is 0 Å². The van der Waals surface area contributed by atoms with Gasteiger partial charge in [0.1, 0.15) is 0 Å². The summed E-state index contributed by atoms with van der Waals surface area (Å²) in [4.78, 5) is 19.4. The fourth-order valence-electron chi connectivity index (χ4n) is 7.20. The van der Waals surface area contributed by atoms with Crippen LogP contribution in [0.1, 0.15) is 83.6 Å². The van der Waals surface area contributed by atoms with Gasteiger partial charge < -0.3 is 10.2 Å². The Labute approximate surface area is 189 Å². The molecule has 4 bridgehead atoms. The molecule has 0 aromatic carbocycles. The van der Waals surface area contributed by atoms with Crippen molar-refractivity contribution in [3.8, 4) is 0 Å². The molecule has 0 aliphatic heterocycles. The first-order valence-corrected chi connectivity index (χ1v) is 13.0. The minimum atomic E-state index is 0.155. The van der Waals surface area contributed by atoms with Gasteiger partial charge in [-0.2, -0.15) is 0 Å². The molecule has 5 rings (SSSR count). The van der Waals surface area contributed by atoms with Gasteiger partial charge in [-0.1, -0.05) is 26.7 Å². The lowest BCUT2D eigenvalue weighted by atomic mass is 9.49. The maximum absolute atomic E-state index is 13.1. The Morgan fingerprint density at radius 3 is 2.35 bits per heavy atom. The fraction of sp³-hybridized carbons (Fsp3) is 0.778. The third-order valence-corrected chi connectivity index (χ3v) is 8.33. The molecule has 4 aliphatic carbocycles. The number of nitrogens with zero attached hydrogens (tertiary/aromatic N) is 2. The zero-order chi connectivity index (χ0) is 21.7. The lowest BCUT2D eigenvalue weighted by molar-refractivity contribution is -0.0596. The summed E-state index contributed by atoms with van der Waals surface area (Å²) in [6.45, 7) is 7.05. The van der Waals surface area contributed by atoms with E-state index in [4.69, 9.17) is 0 Å². The molecule has 4 heteroatoms. The van der Waals surface area contributed by atoms with Crippen molar-refractivity contribution in [1.29, 1.82) is 0 Å². The average molecular weight is 426 g/mol. The largest absolute Gasteiger partial charge is 0.338 e. The standard InChI is InChI=1S/C27H43N3O/c1-3-4-5-11-30(26(31)29-20-21(2)13-22-6-9-28-10-7-22)12-8-27-17-23-14-24(18-27)16-25(15-23)19-27/h6-7,9-10,21,23-25H,3-5,8,11-20H2,1-2H3,(H,29,31)/t21-,23?,24?,25?,27?/m0/s1. The van der Waals surface area contributed by atoms with E-state index in [-0.39, 0.29) is 6.03 Å². The molecule has 4 fully saturated rings. The summed E-state index contributed by atoms with van der Waals surface area (Å²) in [6, 6.07) is 4.30. The summed E-state index contributed by atoms with van der Waals surface area (Å²) in [5.74, 6) is 3.39. The van der Waals surface area contributed by atoms with Gasteiger partial charge in [0.25, 0.3) is 0 Å². The smallest absolute Gasteiger partial charge is 0.317 e. The molecule has 1 aromatic rings. The minimum absolute atomic E-state index is 0.155. The molecule has 0 radical (unpaired) electrons. The van der Waals surface area contributed by atoms with E-state index in [1.807, 2.05) is 12.4 Å². The number of carbonyl (C=O) groups excluding carboxylic acids is 1. The van der Waals surface area contributed by atoms with E-state index in [2.05, 4.69) is 41.2 Å². The van der Waals surface area contributed by atoms with Crippen LogP contribution >= 0.6 is 0 Å². The van der Waals surface area contributed by atoms with Crippen LogP contribution in [0, 0.1) is 29.1 Å². The fourth-order valence-corrected chi connectivity index (χ4v) is 7.20. The quantitative estimate of drug-likeness (QED) is 0.437. The first kappa shape index (κ1) is 22.6. The number of carbonyl (C=O) groups is 1. The number of aromatic nitrogens is 1. The topological polar surface area (TPSA) is 45.2 Å². The summed E-state index contributed by atoms with van der Waals surface area (Å²) in [7, 11) is 0. The molecular weight excluding hydrogens is 382 g/mol. The maximum atomic E-state index is 13.1. The van der Waals surface area contributed by atoms with Gasteiger partial charge in [0, 0.05) is 32.0 Å². The lowest BCUT2D eigenvalue weighted by Crippen LogP contribution is -2.49. The second-order valence-corrected chi connectivity index (χ2v) is 11.2. The molecule has 0 spiro atoms. The van der Waals surface area contributed by atoms with E-state index >= 15 is 0 Å². The van der Waals surface area contributed by atoms with Crippen molar-refractivity contribution in [2.75, 3.05) is 19.6 Å². The summed E-state index contributed by atoms with van der Waals surface area (Å²) in [5.41, 5.74) is 1.84. The van der Waals surface area contributed by atoms with Crippen molar-refractivity contribution >= 4 is 6.03 Å².